The van der Waals surface area contributed by atoms with Gasteiger partial charge in [0, 0.05) is 65.3 Å². The van der Waals surface area contributed by atoms with Crippen LogP contribution in [0.5, 0.6) is 0 Å². The van der Waals surface area contributed by atoms with Gasteiger partial charge >= 0.3 is 200 Å². The molecule has 0 spiro atoms. The molecular weight excluding hydrogens is 915 g/mol. The Labute approximate surface area is 416 Å². The topological polar surface area (TPSA) is 192 Å². The van der Waals surface area contributed by atoms with Crippen molar-refractivity contribution in [2.24, 2.45) is 0 Å². The first-order valence-corrected chi connectivity index (χ1v) is 28.8. The normalized spacial score (nSPS) is 11.9. The molecule has 69 heavy (non-hydrogen) atoms. The van der Waals surface area contributed by atoms with E-state index in [1.807, 2.05) is 0 Å². The van der Waals surface area contributed by atoms with Crippen LogP contribution in [0.15, 0.2) is 91.0 Å². The van der Waals surface area contributed by atoms with Gasteiger partial charge in [0.2, 0.25) is 29.5 Å². The van der Waals surface area contributed by atoms with E-state index in [0.29, 0.717) is 73.2 Å². The maximum atomic E-state index is 12.3. The molecule has 0 fully saturated rings. The Kier molecular flexibility index (Phi) is 29.0. The van der Waals surface area contributed by atoms with Crippen LogP contribution in [-0.2, 0) is 24.0 Å². The summed E-state index contributed by atoms with van der Waals surface area (Å²) in [6, 6.07) is 32.2. The van der Waals surface area contributed by atoms with E-state index in [-0.39, 0.29) is 57.1 Å². The number of nitrogens with zero attached hydrogens (tertiary/aromatic N) is 3. The van der Waals surface area contributed by atoms with Gasteiger partial charge in [0.25, 0.3) is 0 Å². The van der Waals surface area contributed by atoms with E-state index >= 15 is 0 Å². The Morgan fingerprint density at radius 1 is 0.435 bits per heavy atom. The summed E-state index contributed by atoms with van der Waals surface area (Å²) in [5.74, 6) is -5.20. The minimum atomic E-state index is -3.18. The first kappa shape index (κ1) is 58.9. The van der Waals surface area contributed by atoms with Crippen molar-refractivity contribution in [3.05, 3.63) is 91.0 Å². The average molecular weight is 998 g/mol. The van der Waals surface area contributed by atoms with Gasteiger partial charge in [-0.1, -0.05) is 6.42 Å². The molecule has 6 N–H and O–H groups in total. The molecule has 0 aliphatic heterocycles. The number of rotatable bonds is 38. The van der Waals surface area contributed by atoms with Gasteiger partial charge in [-0.3, -0.25) is 39.6 Å². The third kappa shape index (κ3) is 22.0. The van der Waals surface area contributed by atoms with Crippen LogP contribution in [0, 0.1) is 0 Å². The van der Waals surface area contributed by atoms with Gasteiger partial charge in [-0.25, -0.2) is 15.2 Å². The monoisotopic (exact) mass is 997 g/mol. The molecule has 0 heterocycles. The summed E-state index contributed by atoms with van der Waals surface area (Å²) in [7, 11) is 0. The number of carbonyl (C=O) groups is 5. The number of carbonyl (C=O) groups excluding carboxylic acids is 5. The summed E-state index contributed by atoms with van der Waals surface area (Å²) in [5, 5.41) is 44.2. The molecule has 3 rings (SSSR count). The van der Waals surface area contributed by atoms with Crippen LogP contribution in [0.4, 0.5) is 0 Å². The fourth-order valence-electron chi connectivity index (χ4n) is 8.45. The summed E-state index contributed by atoms with van der Waals surface area (Å²) >= 11 is 8.20. The number of benzene rings is 3. The Balaban J connectivity index is 1.11. The van der Waals surface area contributed by atoms with E-state index in [4.69, 9.17) is 11.2 Å². The van der Waals surface area contributed by atoms with Gasteiger partial charge in [0.05, 0.1) is 0 Å². The van der Waals surface area contributed by atoms with Crippen molar-refractivity contribution in [1.29, 1.82) is 0 Å². The van der Waals surface area contributed by atoms with Gasteiger partial charge in [-0.2, -0.15) is 0 Å². The van der Waals surface area contributed by atoms with Crippen molar-refractivity contribution in [3.8, 4) is 0 Å². The summed E-state index contributed by atoms with van der Waals surface area (Å²) in [6.07, 6.45) is 16.5. The summed E-state index contributed by atoms with van der Waals surface area (Å²) < 4.78 is 0. The predicted octanol–water partition coefficient (Wildman–Crippen LogP) is 8.36. The van der Waals surface area contributed by atoms with Crippen molar-refractivity contribution in [3.63, 3.8) is 0 Å². The van der Waals surface area contributed by atoms with Gasteiger partial charge in [-0.05, 0) is 51.4 Å². The molecule has 0 radical (unpaired) electrons. The van der Waals surface area contributed by atoms with E-state index in [1.165, 1.54) is 54.9 Å². The number of hydrogen-bond acceptors (Lipinski definition) is 9. The standard InChI is InChI=1S/C53H82ClN6O8P/c1-46(61)58(66)42-24-12-22-40-56-50(62)35-37-53(65)60(68)44-26-13-23-41-57-51(63)34-36-52(64)59(67)43-25-11-21-39-55-38-20-6-4-2-3-5-7-27-45-69(54,47-28-14-8-15-29-47,48-30-16-9-17-31-48)49-32-18-10-19-33-49/h8-10,14-19,28-33,55,66-68H,2-7,11-13,20-27,34-45H2,1H3,(H,56,62)(H,57,63). The van der Waals surface area contributed by atoms with Gasteiger partial charge in [0.1, 0.15) is 0 Å². The second-order valence-electron chi connectivity index (χ2n) is 18.0. The number of amides is 5. The van der Waals surface area contributed by atoms with Crippen LogP contribution in [-0.4, -0.2) is 112 Å². The van der Waals surface area contributed by atoms with E-state index in [1.54, 1.807) is 0 Å². The van der Waals surface area contributed by atoms with Crippen molar-refractivity contribution in [1.82, 2.24) is 31.1 Å². The van der Waals surface area contributed by atoms with E-state index in [9.17, 15) is 39.6 Å². The molecule has 0 saturated heterocycles. The number of unbranched alkanes of at least 4 members (excludes halogenated alkanes) is 13. The van der Waals surface area contributed by atoms with Crippen molar-refractivity contribution in [2.45, 2.75) is 142 Å². The molecule has 384 valence electrons. The van der Waals surface area contributed by atoms with Crippen LogP contribution in [0.25, 0.3) is 0 Å². The first-order valence-electron chi connectivity index (χ1n) is 25.5. The Hall–Kier alpha value is -4.43. The summed E-state index contributed by atoms with van der Waals surface area (Å²) in [6.45, 7) is 4.54. The molecule has 0 aliphatic carbocycles. The van der Waals surface area contributed by atoms with E-state index in [2.05, 4.69) is 107 Å². The number of halogens is 1. The Morgan fingerprint density at radius 2 is 0.754 bits per heavy atom. The van der Waals surface area contributed by atoms with Crippen molar-refractivity contribution in [2.75, 3.05) is 52.0 Å². The number of nitrogens with one attached hydrogen (secondary N) is 3. The third-order valence-electron chi connectivity index (χ3n) is 12.6. The van der Waals surface area contributed by atoms with Crippen LogP contribution < -0.4 is 31.9 Å². The molecule has 0 bridgehead atoms. The van der Waals surface area contributed by atoms with Crippen LogP contribution in [0.2, 0.25) is 0 Å². The molecule has 0 aliphatic rings. The zero-order valence-corrected chi connectivity index (χ0v) is 42.9. The molecule has 0 saturated carbocycles. The third-order valence-corrected chi connectivity index (χ3v) is 20.1. The number of hydroxylamine groups is 6. The fourth-order valence-corrected chi connectivity index (χ4v) is 14.7. The first-order chi connectivity index (χ1) is 33.4. The van der Waals surface area contributed by atoms with Crippen LogP contribution in [0.3, 0.4) is 0 Å². The van der Waals surface area contributed by atoms with Gasteiger partial charge < -0.3 is 10.6 Å². The van der Waals surface area contributed by atoms with Crippen LogP contribution in [0.1, 0.15) is 142 Å². The summed E-state index contributed by atoms with van der Waals surface area (Å²) in [4.78, 5) is 59.7. The summed E-state index contributed by atoms with van der Waals surface area (Å²) in [5.41, 5.74) is 0. The molecule has 0 aromatic heterocycles. The molecular formula is C53H82ClN6O8P. The molecule has 3 aromatic rings. The number of hydrogen-bond donors (Lipinski definition) is 6. The predicted molar refractivity (Wildman–Crippen MR) is 278 cm³/mol. The maximum absolute atomic E-state index is 12.3. The minimum absolute atomic E-state index is 0.0218. The van der Waals surface area contributed by atoms with Crippen LogP contribution >= 0.6 is 17.2 Å². The zero-order chi connectivity index (χ0) is 50.0. The SMILES string of the molecule is CC(=O)N(O)CCCCCNC(=O)CCC(=O)N(O)CCCCCNC(=O)CCC(=O)N(O)CCCCCNCCCCCCCCCCP(Cl)(c1ccccc1)(c1ccccc1)c1ccccc1. The van der Waals surface area contributed by atoms with E-state index in [0.717, 1.165) is 51.4 Å². The molecule has 0 unspecified atom stereocenters. The molecule has 3 aromatic carbocycles. The second kappa shape index (κ2) is 34.0. The van der Waals surface area contributed by atoms with Crippen molar-refractivity contribution >= 4 is 62.6 Å². The second-order valence-corrected chi connectivity index (χ2v) is 24.6. The van der Waals surface area contributed by atoms with E-state index < -0.39 is 23.7 Å². The van der Waals surface area contributed by atoms with Crippen molar-refractivity contribution < 1.29 is 39.6 Å². The Bertz CT molecular complexity index is 1820. The Morgan fingerprint density at radius 3 is 1.13 bits per heavy atom. The quantitative estimate of drug-likeness (QED) is 0.0142. The van der Waals surface area contributed by atoms with Gasteiger partial charge in [-0.15, -0.1) is 0 Å². The fraction of sp³-hybridized carbons (Fsp3) is 0.566. The zero-order valence-electron chi connectivity index (χ0n) is 41.2. The average Bonchev–Trinajstić information content (AvgIpc) is 3.37. The molecule has 5 amide bonds. The molecule has 16 heteroatoms. The molecule has 14 nitrogen and oxygen atoms in total. The molecule has 0 atom stereocenters. The van der Waals surface area contributed by atoms with Gasteiger partial charge in [0.15, 0.2) is 0 Å².